The molecule has 0 saturated carbocycles. The molecule has 0 unspecified atom stereocenters. The Kier molecular flexibility index (Phi) is 37.9. The normalized spacial score (nSPS) is 11.7. The van der Waals surface area contributed by atoms with Crippen LogP contribution in [0.2, 0.25) is 0 Å². The molecule has 6 nitrogen and oxygen atoms in total. The fourth-order valence-electron chi connectivity index (χ4n) is 4.69. The lowest BCUT2D eigenvalue weighted by Crippen LogP contribution is -2.32. The summed E-state index contributed by atoms with van der Waals surface area (Å²) in [5.74, 6) is 2.51. The fourth-order valence-corrected chi connectivity index (χ4v) is 6.25. The van der Waals surface area contributed by atoms with Gasteiger partial charge in [-0.1, -0.05) is 102 Å². The lowest BCUT2D eigenvalue weighted by Gasteiger charge is -2.22. The second-order valence-corrected chi connectivity index (χ2v) is 13.2. The molecule has 40 heavy (non-hydrogen) atoms. The van der Waals surface area contributed by atoms with E-state index in [4.69, 9.17) is 5.73 Å². The molecule has 242 valence electrons. The molecule has 6 N–H and O–H groups in total. The Morgan fingerprint density at radius 2 is 0.850 bits per heavy atom. The Morgan fingerprint density at radius 1 is 0.450 bits per heavy atom. The number of hydrogen-bond donors (Lipinski definition) is 5. The molecule has 0 atom stereocenters. The Bertz CT molecular complexity index is 386. The lowest BCUT2D eigenvalue weighted by molar-refractivity contribution is 0.264. The average molecular weight is 605 g/mol. The van der Waals surface area contributed by atoms with Gasteiger partial charge in [0.25, 0.3) is 0 Å². The number of hydrogen-bond acceptors (Lipinski definition) is 8. The van der Waals surface area contributed by atoms with Crippen LogP contribution in [0.1, 0.15) is 129 Å². The van der Waals surface area contributed by atoms with Crippen LogP contribution in [0.15, 0.2) is 0 Å². The first-order valence-electron chi connectivity index (χ1n) is 17.4. The van der Waals surface area contributed by atoms with Gasteiger partial charge in [0.15, 0.2) is 0 Å². The van der Waals surface area contributed by atoms with Gasteiger partial charge in [-0.05, 0) is 104 Å². The van der Waals surface area contributed by atoms with Gasteiger partial charge in [-0.15, -0.1) is 0 Å². The Balaban J connectivity index is 3.89. The molecule has 0 fully saturated rings. The van der Waals surface area contributed by atoms with E-state index in [1.807, 2.05) is 23.9 Å². The molecule has 0 aromatic carbocycles. The number of unbranched alkanes of at least 4 members (excludes halogenated alkanes) is 11. The third kappa shape index (κ3) is 34.7. The molecular formula is C32H72N6S2. The van der Waals surface area contributed by atoms with Crippen LogP contribution in [-0.2, 0) is 0 Å². The fraction of sp³-hybridized carbons (Fsp3) is 1.00. The van der Waals surface area contributed by atoms with E-state index >= 15 is 0 Å². The Labute approximate surface area is 260 Å². The summed E-state index contributed by atoms with van der Waals surface area (Å²) in [5.41, 5.74) is 5.54. The predicted molar refractivity (Wildman–Crippen MR) is 187 cm³/mol. The van der Waals surface area contributed by atoms with Crippen molar-refractivity contribution in [2.45, 2.75) is 129 Å². The molecule has 0 amide bonds. The van der Waals surface area contributed by atoms with E-state index in [1.54, 1.807) is 0 Å². The van der Waals surface area contributed by atoms with Crippen LogP contribution in [0.5, 0.6) is 0 Å². The second-order valence-electron chi connectivity index (χ2n) is 11.3. The first kappa shape index (κ1) is 40.5. The first-order valence-corrected chi connectivity index (χ1v) is 19.3. The number of nitrogens with two attached hydrogens (primary N) is 1. The summed E-state index contributed by atoms with van der Waals surface area (Å²) in [7, 11) is 0. The zero-order valence-corrected chi connectivity index (χ0v) is 28.7. The summed E-state index contributed by atoms with van der Waals surface area (Å²) in [6, 6.07) is 0. The smallest absolute Gasteiger partial charge is 0.00786 e. The molecule has 0 spiro atoms. The van der Waals surface area contributed by atoms with E-state index < -0.39 is 0 Å². The molecule has 0 heterocycles. The van der Waals surface area contributed by atoms with Crippen molar-refractivity contribution in [3.8, 4) is 0 Å². The van der Waals surface area contributed by atoms with Crippen LogP contribution >= 0.6 is 23.9 Å². The van der Waals surface area contributed by atoms with E-state index in [0.29, 0.717) is 0 Å². The zero-order chi connectivity index (χ0) is 29.0. The molecule has 0 aromatic heterocycles. The quantitative estimate of drug-likeness (QED) is 0.0388. The Hall–Kier alpha value is 0.460. The molecule has 8 heteroatoms. The monoisotopic (exact) mass is 605 g/mol. The van der Waals surface area contributed by atoms with E-state index in [-0.39, 0.29) is 0 Å². The molecule has 0 aliphatic rings. The van der Waals surface area contributed by atoms with Crippen LogP contribution < -0.4 is 25.8 Å². The molecule has 0 saturated heterocycles. The van der Waals surface area contributed by atoms with Crippen molar-refractivity contribution in [3.63, 3.8) is 0 Å². The van der Waals surface area contributed by atoms with Crippen molar-refractivity contribution in [1.29, 1.82) is 0 Å². The van der Waals surface area contributed by atoms with E-state index in [9.17, 15) is 0 Å². The van der Waals surface area contributed by atoms with E-state index in [2.05, 4.69) is 38.8 Å². The average Bonchev–Trinajstić information content (AvgIpc) is 2.97. The molecule has 0 bridgehead atoms. The third-order valence-electron chi connectivity index (χ3n) is 7.25. The van der Waals surface area contributed by atoms with Crippen molar-refractivity contribution >= 4 is 23.9 Å². The van der Waals surface area contributed by atoms with Gasteiger partial charge >= 0.3 is 0 Å². The van der Waals surface area contributed by atoms with Gasteiger partial charge in [0.2, 0.25) is 0 Å². The van der Waals surface area contributed by atoms with Crippen molar-refractivity contribution in [3.05, 3.63) is 0 Å². The summed E-state index contributed by atoms with van der Waals surface area (Å²) in [6.07, 6.45) is 24.0. The summed E-state index contributed by atoms with van der Waals surface area (Å²) in [4.78, 5) is 2.70. The Morgan fingerprint density at radius 3 is 1.32 bits per heavy atom. The summed E-state index contributed by atoms with van der Waals surface area (Å²) < 4.78 is 7.23. The molecule has 0 rings (SSSR count). The summed E-state index contributed by atoms with van der Waals surface area (Å²) in [6.45, 7) is 15.7. The maximum absolute atomic E-state index is 5.54. The largest absolute Gasteiger partial charge is 0.330 e. The van der Waals surface area contributed by atoms with Crippen LogP contribution in [0.3, 0.4) is 0 Å². The number of nitrogens with zero attached hydrogens (tertiary/aromatic N) is 1. The molecule has 0 aliphatic heterocycles. The lowest BCUT2D eigenvalue weighted by atomic mass is 10.1. The minimum atomic E-state index is 0.787. The highest BCUT2D eigenvalue weighted by atomic mass is 32.2. The van der Waals surface area contributed by atoms with Gasteiger partial charge in [-0.25, -0.2) is 0 Å². The first-order chi connectivity index (χ1) is 19.8. The second kappa shape index (κ2) is 37.5. The minimum absolute atomic E-state index is 0.787. The standard InChI is InChI=1S/C32H72N6S2/c1-3-5-7-9-11-15-31-39-36-26-19-29-38(28-18-25-35-23-14-13-22-34-24-17-21-33)30-20-27-37-40-32-16-12-10-8-6-4-2/h34-37H,3-33H2,1-2H3. The SMILES string of the molecule is CCCCCCCCSNCCCN(CCCNCCCCNCCCN)CCCNSCCCCCCCC. The topological polar surface area (TPSA) is 77.4 Å². The highest BCUT2D eigenvalue weighted by Crippen LogP contribution is 2.09. The van der Waals surface area contributed by atoms with Crippen molar-refractivity contribution in [2.75, 3.05) is 77.0 Å². The summed E-state index contributed by atoms with van der Waals surface area (Å²) in [5, 5.41) is 7.13. The molecule has 0 radical (unpaired) electrons. The van der Waals surface area contributed by atoms with Crippen LogP contribution in [0.25, 0.3) is 0 Å². The molecule has 0 aromatic rings. The highest BCUT2D eigenvalue weighted by molar-refractivity contribution is 7.97. The predicted octanol–water partition coefficient (Wildman–Crippen LogP) is 6.96. The maximum Gasteiger partial charge on any atom is 0.00786 e. The summed E-state index contributed by atoms with van der Waals surface area (Å²) >= 11 is 3.88. The van der Waals surface area contributed by atoms with Gasteiger partial charge in [-0.3, -0.25) is 9.44 Å². The van der Waals surface area contributed by atoms with Gasteiger partial charge in [0.1, 0.15) is 0 Å². The van der Waals surface area contributed by atoms with Crippen molar-refractivity contribution in [1.82, 2.24) is 25.0 Å². The van der Waals surface area contributed by atoms with Crippen molar-refractivity contribution in [2.24, 2.45) is 5.73 Å². The number of rotatable bonds is 36. The van der Waals surface area contributed by atoms with Crippen LogP contribution in [-0.4, -0.2) is 81.9 Å². The van der Waals surface area contributed by atoms with Crippen molar-refractivity contribution < 1.29 is 0 Å². The zero-order valence-electron chi connectivity index (χ0n) is 27.1. The van der Waals surface area contributed by atoms with Gasteiger partial charge in [-0.2, -0.15) is 0 Å². The maximum atomic E-state index is 5.54. The van der Waals surface area contributed by atoms with Gasteiger partial charge in [0.05, 0.1) is 0 Å². The minimum Gasteiger partial charge on any atom is -0.330 e. The van der Waals surface area contributed by atoms with E-state index in [1.165, 1.54) is 140 Å². The van der Waals surface area contributed by atoms with Gasteiger partial charge < -0.3 is 21.3 Å². The van der Waals surface area contributed by atoms with Crippen LogP contribution in [0.4, 0.5) is 0 Å². The molecule has 0 aliphatic carbocycles. The molecular weight excluding hydrogens is 533 g/mol. The highest BCUT2D eigenvalue weighted by Gasteiger charge is 2.05. The van der Waals surface area contributed by atoms with E-state index in [0.717, 1.165) is 52.2 Å². The third-order valence-corrected chi connectivity index (χ3v) is 9.06. The number of nitrogens with one attached hydrogen (secondary N) is 4. The van der Waals surface area contributed by atoms with Crippen LogP contribution in [0, 0.1) is 0 Å². The van der Waals surface area contributed by atoms with Gasteiger partial charge in [0, 0.05) is 24.6 Å².